The van der Waals surface area contributed by atoms with Crippen molar-refractivity contribution in [1.82, 2.24) is 5.32 Å². The van der Waals surface area contributed by atoms with E-state index in [9.17, 15) is 8.78 Å². The molecule has 0 radical (unpaired) electrons. The number of benzene rings is 2. The van der Waals surface area contributed by atoms with Crippen molar-refractivity contribution >= 4 is 27.5 Å². The van der Waals surface area contributed by atoms with Crippen LogP contribution in [-0.2, 0) is 6.54 Å². The second kappa shape index (κ2) is 7.20. The van der Waals surface area contributed by atoms with E-state index in [0.717, 1.165) is 18.2 Å². The maximum Gasteiger partial charge on any atom is 0.201 e. The van der Waals surface area contributed by atoms with Gasteiger partial charge < -0.3 is 10.1 Å². The Hall–Kier alpha value is -1.17. The van der Waals surface area contributed by atoms with Crippen LogP contribution in [0.2, 0.25) is 5.02 Å². The van der Waals surface area contributed by atoms with E-state index in [0.29, 0.717) is 21.8 Å². The van der Waals surface area contributed by atoms with E-state index in [-0.39, 0.29) is 5.75 Å². The van der Waals surface area contributed by atoms with Crippen molar-refractivity contribution in [2.24, 2.45) is 0 Å². The van der Waals surface area contributed by atoms with Gasteiger partial charge in [0.1, 0.15) is 0 Å². The van der Waals surface area contributed by atoms with Gasteiger partial charge in [0.2, 0.25) is 5.82 Å². The molecule has 0 heterocycles. The molecular weight excluding hydrogens is 364 g/mol. The fraction of sp³-hybridized carbons (Fsp3) is 0.200. The molecule has 2 nitrogen and oxygen atoms in total. The lowest BCUT2D eigenvalue weighted by atomic mass is 10.2. The lowest BCUT2D eigenvalue weighted by Crippen LogP contribution is -2.12. The Balaban J connectivity index is 2.39. The number of rotatable bonds is 5. The summed E-state index contributed by atoms with van der Waals surface area (Å²) in [5, 5.41) is 3.48. The van der Waals surface area contributed by atoms with Crippen LogP contribution in [-0.4, -0.2) is 6.54 Å². The minimum Gasteiger partial charge on any atom is -0.452 e. The van der Waals surface area contributed by atoms with E-state index in [2.05, 4.69) is 21.2 Å². The number of nitrogens with one attached hydrogen (secondary N) is 1. The summed E-state index contributed by atoms with van der Waals surface area (Å²) in [6, 6.07) is 7.63. The molecule has 0 amide bonds. The first-order valence-corrected chi connectivity index (χ1v) is 7.50. The number of hydrogen-bond acceptors (Lipinski definition) is 2. The third kappa shape index (κ3) is 3.93. The van der Waals surface area contributed by atoms with Gasteiger partial charge in [-0.15, -0.1) is 0 Å². The Labute approximate surface area is 135 Å². The van der Waals surface area contributed by atoms with E-state index in [1.165, 1.54) is 6.07 Å². The van der Waals surface area contributed by atoms with Crippen molar-refractivity contribution in [3.05, 3.63) is 57.0 Å². The van der Waals surface area contributed by atoms with Crippen molar-refractivity contribution in [3.63, 3.8) is 0 Å². The summed E-state index contributed by atoms with van der Waals surface area (Å²) in [6.45, 7) is 3.25. The Morgan fingerprint density at radius 2 is 2.05 bits per heavy atom. The molecule has 0 atom stereocenters. The minimum absolute atomic E-state index is 0.215. The molecule has 21 heavy (non-hydrogen) atoms. The van der Waals surface area contributed by atoms with Gasteiger partial charge in [-0.2, -0.15) is 4.39 Å². The Bertz CT molecular complexity index is 652. The number of para-hydroxylation sites is 1. The molecule has 6 heteroatoms. The first-order valence-electron chi connectivity index (χ1n) is 6.33. The van der Waals surface area contributed by atoms with Crippen LogP contribution in [0.5, 0.6) is 11.5 Å². The van der Waals surface area contributed by atoms with E-state index in [1.54, 1.807) is 12.1 Å². The lowest BCUT2D eigenvalue weighted by molar-refractivity contribution is 0.411. The standard InChI is InChI=1S/C15H13BrClF2NO/c1-2-20-8-9-4-3-5-11(17)15(9)21-13-7-10(16)6-12(18)14(13)19/h3-7,20H,2,8H2,1H3. The third-order valence-electron chi connectivity index (χ3n) is 2.79. The summed E-state index contributed by atoms with van der Waals surface area (Å²) in [7, 11) is 0. The van der Waals surface area contributed by atoms with Crippen LogP contribution in [0.15, 0.2) is 34.8 Å². The molecule has 0 aliphatic heterocycles. The molecule has 2 rings (SSSR count). The third-order valence-corrected chi connectivity index (χ3v) is 3.54. The second-order valence-electron chi connectivity index (χ2n) is 4.31. The van der Waals surface area contributed by atoms with Crippen LogP contribution in [0, 0.1) is 11.6 Å². The fourth-order valence-electron chi connectivity index (χ4n) is 1.78. The molecular formula is C15H13BrClF2NO. The number of halogens is 4. The predicted molar refractivity (Wildman–Crippen MR) is 83.0 cm³/mol. The van der Waals surface area contributed by atoms with Crippen molar-refractivity contribution in [1.29, 1.82) is 0 Å². The molecule has 0 fully saturated rings. The lowest BCUT2D eigenvalue weighted by Gasteiger charge is -2.14. The van der Waals surface area contributed by atoms with E-state index >= 15 is 0 Å². The molecule has 0 saturated heterocycles. The zero-order chi connectivity index (χ0) is 15.4. The Morgan fingerprint density at radius 3 is 2.76 bits per heavy atom. The predicted octanol–water partition coefficient (Wildman–Crippen LogP) is 5.28. The SMILES string of the molecule is CCNCc1cccc(Cl)c1Oc1cc(Br)cc(F)c1F. The first-order chi connectivity index (χ1) is 10.0. The van der Waals surface area contributed by atoms with Gasteiger partial charge in [0.25, 0.3) is 0 Å². The molecule has 0 aromatic heterocycles. The summed E-state index contributed by atoms with van der Waals surface area (Å²) in [5.74, 6) is -1.93. The number of hydrogen-bond donors (Lipinski definition) is 1. The molecule has 112 valence electrons. The van der Waals surface area contributed by atoms with E-state index in [4.69, 9.17) is 16.3 Å². The first kappa shape index (κ1) is 16.2. The van der Waals surface area contributed by atoms with Crippen molar-refractivity contribution in [2.75, 3.05) is 6.54 Å². The summed E-state index contributed by atoms with van der Waals surface area (Å²) >= 11 is 9.22. The van der Waals surface area contributed by atoms with Crippen LogP contribution in [0.1, 0.15) is 12.5 Å². The molecule has 0 saturated carbocycles. The molecule has 2 aromatic rings. The highest BCUT2D eigenvalue weighted by Crippen LogP contribution is 2.35. The molecule has 0 aliphatic carbocycles. The quantitative estimate of drug-likeness (QED) is 0.717. The van der Waals surface area contributed by atoms with Gasteiger partial charge in [-0.05, 0) is 24.7 Å². The van der Waals surface area contributed by atoms with Crippen LogP contribution in [0.25, 0.3) is 0 Å². The van der Waals surface area contributed by atoms with E-state index in [1.807, 2.05) is 13.0 Å². The smallest absolute Gasteiger partial charge is 0.201 e. The van der Waals surface area contributed by atoms with Gasteiger partial charge in [-0.3, -0.25) is 0 Å². The van der Waals surface area contributed by atoms with Gasteiger partial charge >= 0.3 is 0 Å². The summed E-state index contributed by atoms with van der Waals surface area (Å²) in [5.41, 5.74) is 0.768. The van der Waals surface area contributed by atoms with Crippen molar-refractivity contribution < 1.29 is 13.5 Å². The van der Waals surface area contributed by atoms with Crippen molar-refractivity contribution in [2.45, 2.75) is 13.5 Å². The maximum absolute atomic E-state index is 13.8. The van der Waals surface area contributed by atoms with Gasteiger partial charge in [0.05, 0.1) is 5.02 Å². The van der Waals surface area contributed by atoms with Crippen LogP contribution < -0.4 is 10.1 Å². The van der Waals surface area contributed by atoms with Crippen molar-refractivity contribution in [3.8, 4) is 11.5 Å². The molecule has 0 aliphatic rings. The fourth-order valence-corrected chi connectivity index (χ4v) is 2.42. The normalized spacial score (nSPS) is 10.7. The molecule has 2 aromatic carbocycles. The summed E-state index contributed by atoms with van der Waals surface area (Å²) in [6.07, 6.45) is 0. The average molecular weight is 377 g/mol. The Kier molecular flexibility index (Phi) is 5.56. The molecule has 1 N–H and O–H groups in total. The highest BCUT2D eigenvalue weighted by Gasteiger charge is 2.16. The average Bonchev–Trinajstić information content (AvgIpc) is 2.44. The maximum atomic E-state index is 13.8. The number of ether oxygens (including phenoxy) is 1. The molecule has 0 bridgehead atoms. The van der Waals surface area contributed by atoms with E-state index < -0.39 is 11.6 Å². The van der Waals surface area contributed by atoms with Gasteiger partial charge in [0.15, 0.2) is 17.3 Å². The topological polar surface area (TPSA) is 21.3 Å². The van der Waals surface area contributed by atoms with Gasteiger partial charge in [-0.1, -0.05) is 46.6 Å². The zero-order valence-electron chi connectivity index (χ0n) is 11.2. The summed E-state index contributed by atoms with van der Waals surface area (Å²) in [4.78, 5) is 0. The van der Waals surface area contributed by atoms with Gasteiger partial charge in [-0.25, -0.2) is 4.39 Å². The largest absolute Gasteiger partial charge is 0.452 e. The second-order valence-corrected chi connectivity index (χ2v) is 5.63. The van der Waals surface area contributed by atoms with Crippen LogP contribution >= 0.6 is 27.5 Å². The van der Waals surface area contributed by atoms with Crippen LogP contribution in [0.3, 0.4) is 0 Å². The monoisotopic (exact) mass is 375 g/mol. The Morgan fingerprint density at radius 1 is 1.29 bits per heavy atom. The minimum atomic E-state index is -1.05. The van der Waals surface area contributed by atoms with Crippen LogP contribution in [0.4, 0.5) is 8.78 Å². The summed E-state index contributed by atoms with van der Waals surface area (Å²) < 4.78 is 33.1. The molecule has 0 unspecified atom stereocenters. The molecule has 0 spiro atoms. The van der Waals surface area contributed by atoms with Gasteiger partial charge in [0, 0.05) is 16.6 Å². The highest BCUT2D eigenvalue weighted by molar-refractivity contribution is 9.10. The zero-order valence-corrected chi connectivity index (χ0v) is 13.6. The highest BCUT2D eigenvalue weighted by atomic mass is 79.9.